The molecule has 25 heavy (non-hydrogen) atoms. The molecule has 128 valence electrons. The lowest BCUT2D eigenvalue weighted by Gasteiger charge is -2.36. The largest absolute Gasteiger partial charge is 0.464 e. The second kappa shape index (κ2) is 6.70. The summed E-state index contributed by atoms with van der Waals surface area (Å²) in [7, 11) is 0. The highest BCUT2D eigenvalue weighted by molar-refractivity contribution is 6.30. The highest BCUT2D eigenvalue weighted by atomic mass is 35.5. The second-order valence-electron chi connectivity index (χ2n) is 6.78. The second-order valence-corrected chi connectivity index (χ2v) is 7.22. The molecule has 0 saturated heterocycles. The summed E-state index contributed by atoms with van der Waals surface area (Å²) in [5, 5.41) is 12.7. The normalized spacial score (nSPS) is 17.5. The fraction of sp³-hybridized carbons (Fsp3) is 0.273. The predicted molar refractivity (Wildman–Crippen MR) is 101 cm³/mol. The zero-order valence-electron chi connectivity index (χ0n) is 14.0. The van der Waals surface area contributed by atoms with Crippen LogP contribution in [0.2, 0.25) is 5.02 Å². The van der Waals surface area contributed by atoms with E-state index < -0.39 is 5.60 Å². The fourth-order valence-electron chi connectivity index (χ4n) is 4.13. The van der Waals surface area contributed by atoms with E-state index in [1.807, 2.05) is 60.7 Å². The van der Waals surface area contributed by atoms with Crippen molar-refractivity contribution in [1.82, 2.24) is 0 Å². The Kier molecular flexibility index (Phi) is 4.41. The van der Waals surface area contributed by atoms with Crippen molar-refractivity contribution in [2.75, 3.05) is 0 Å². The maximum atomic E-state index is 12.1. The molecule has 3 aromatic rings. The van der Waals surface area contributed by atoms with Gasteiger partial charge in [0, 0.05) is 16.1 Å². The van der Waals surface area contributed by atoms with Crippen LogP contribution in [0.15, 0.2) is 71.3 Å². The molecule has 0 amide bonds. The fourth-order valence-corrected chi connectivity index (χ4v) is 4.30. The molecule has 0 aliphatic heterocycles. The molecule has 1 heterocycles. The first-order valence-electron chi connectivity index (χ1n) is 8.81. The van der Waals surface area contributed by atoms with E-state index in [9.17, 15) is 5.11 Å². The van der Waals surface area contributed by atoms with Crippen LogP contribution in [0, 0.1) is 5.92 Å². The van der Waals surface area contributed by atoms with Gasteiger partial charge < -0.3 is 9.52 Å². The molecule has 1 N–H and O–H groups in total. The topological polar surface area (TPSA) is 33.4 Å². The molecular weight excluding hydrogens is 332 g/mol. The van der Waals surface area contributed by atoms with Crippen molar-refractivity contribution in [2.24, 2.45) is 5.92 Å². The first-order valence-corrected chi connectivity index (χ1v) is 9.19. The third-order valence-corrected chi connectivity index (χ3v) is 5.57. The molecule has 0 radical (unpaired) electrons. The Morgan fingerprint density at radius 1 is 0.960 bits per heavy atom. The highest BCUT2D eigenvalue weighted by Crippen LogP contribution is 2.48. The number of hydrogen-bond acceptors (Lipinski definition) is 2. The van der Waals surface area contributed by atoms with Crippen LogP contribution in [-0.2, 0) is 5.60 Å². The Bertz CT molecular complexity index is 836. The van der Waals surface area contributed by atoms with Gasteiger partial charge >= 0.3 is 0 Å². The summed E-state index contributed by atoms with van der Waals surface area (Å²) >= 11 is 6.34. The lowest BCUT2D eigenvalue weighted by molar-refractivity contribution is 0.0193. The molecule has 0 spiro atoms. The average molecular weight is 353 g/mol. The smallest absolute Gasteiger partial charge is 0.134 e. The Hall–Kier alpha value is -2.03. The summed E-state index contributed by atoms with van der Waals surface area (Å²) in [4.78, 5) is 0. The minimum absolute atomic E-state index is 0.169. The van der Waals surface area contributed by atoms with Crippen molar-refractivity contribution in [3.63, 3.8) is 0 Å². The lowest BCUT2D eigenvalue weighted by atomic mass is 9.73. The number of furan rings is 1. The summed E-state index contributed by atoms with van der Waals surface area (Å²) in [5.41, 5.74) is 1.56. The van der Waals surface area contributed by atoms with Crippen LogP contribution >= 0.6 is 11.6 Å². The van der Waals surface area contributed by atoms with Crippen molar-refractivity contribution in [2.45, 2.75) is 31.3 Å². The number of aliphatic hydroxyl groups is 1. The van der Waals surface area contributed by atoms with Crippen molar-refractivity contribution in [1.29, 1.82) is 0 Å². The Morgan fingerprint density at radius 3 is 2.40 bits per heavy atom. The van der Waals surface area contributed by atoms with E-state index in [0.29, 0.717) is 5.02 Å². The van der Waals surface area contributed by atoms with Gasteiger partial charge in [-0.15, -0.1) is 0 Å². The zero-order chi connectivity index (χ0) is 17.3. The van der Waals surface area contributed by atoms with Crippen LogP contribution < -0.4 is 0 Å². The Morgan fingerprint density at radius 2 is 1.72 bits per heavy atom. The standard InChI is InChI=1S/C22H21ClO2/c23-18-12-13-19(21-11-6-14-25-21)20(15-18)22(24,17-9-4-5-10-17)16-7-2-1-3-8-16/h1-3,6-8,11-15,17,24H,4-5,9-10H2. The van der Waals surface area contributed by atoms with Gasteiger partial charge in [-0.25, -0.2) is 0 Å². The Labute approximate surface area is 153 Å². The summed E-state index contributed by atoms with van der Waals surface area (Å²) in [6.07, 6.45) is 5.97. The average Bonchev–Trinajstić information content (AvgIpc) is 3.36. The maximum Gasteiger partial charge on any atom is 0.134 e. The summed E-state index contributed by atoms with van der Waals surface area (Å²) in [5.74, 6) is 0.918. The van der Waals surface area contributed by atoms with E-state index in [4.69, 9.17) is 16.0 Å². The van der Waals surface area contributed by atoms with E-state index in [-0.39, 0.29) is 5.92 Å². The van der Waals surface area contributed by atoms with Crippen molar-refractivity contribution in [3.05, 3.63) is 83.1 Å². The van der Waals surface area contributed by atoms with Gasteiger partial charge in [-0.2, -0.15) is 0 Å². The van der Waals surface area contributed by atoms with Crippen LogP contribution in [0.5, 0.6) is 0 Å². The molecule has 0 bridgehead atoms. The summed E-state index contributed by atoms with van der Waals surface area (Å²) in [6, 6.07) is 19.4. The molecule has 1 saturated carbocycles. The van der Waals surface area contributed by atoms with Crippen molar-refractivity contribution in [3.8, 4) is 11.3 Å². The molecule has 4 rings (SSSR count). The van der Waals surface area contributed by atoms with E-state index in [1.54, 1.807) is 6.26 Å². The third kappa shape index (κ3) is 2.90. The zero-order valence-corrected chi connectivity index (χ0v) is 14.7. The lowest BCUT2D eigenvalue weighted by Crippen LogP contribution is -2.35. The number of rotatable bonds is 4. The predicted octanol–water partition coefficient (Wildman–Crippen LogP) is 6.03. The first-order chi connectivity index (χ1) is 12.2. The van der Waals surface area contributed by atoms with Gasteiger partial charge in [-0.1, -0.05) is 54.8 Å². The third-order valence-electron chi connectivity index (χ3n) is 5.34. The van der Waals surface area contributed by atoms with Crippen LogP contribution in [0.4, 0.5) is 0 Å². The maximum absolute atomic E-state index is 12.1. The van der Waals surface area contributed by atoms with Crippen LogP contribution in [0.3, 0.4) is 0 Å². The molecular formula is C22H21ClO2. The van der Waals surface area contributed by atoms with Crippen LogP contribution in [-0.4, -0.2) is 5.11 Å². The van der Waals surface area contributed by atoms with Crippen molar-refractivity contribution < 1.29 is 9.52 Å². The molecule has 2 nitrogen and oxygen atoms in total. The van der Waals surface area contributed by atoms with E-state index in [0.717, 1.165) is 48.1 Å². The van der Waals surface area contributed by atoms with Crippen molar-refractivity contribution >= 4 is 11.6 Å². The minimum Gasteiger partial charge on any atom is -0.464 e. The van der Waals surface area contributed by atoms with Gasteiger partial charge in [0.25, 0.3) is 0 Å². The SMILES string of the molecule is OC(c1ccccc1)(c1cc(Cl)ccc1-c1ccco1)C1CCCC1. The molecule has 1 aliphatic rings. The molecule has 1 unspecified atom stereocenters. The number of benzene rings is 2. The quantitative estimate of drug-likeness (QED) is 0.622. The van der Waals surface area contributed by atoms with Gasteiger partial charge in [0.1, 0.15) is 11.4 Å². The highest BCUT2D eigenvalue weighted by Gasteiger charge is 2.43. The van der Waals surface area contributed by atoms with Gasteiger partial charge in [-0.05, 0) is 54.7 Å². The number of halogens is 1. The van der Waals surface area contributed by atoms with Gasteiger partial charge in [-0.3, -0.25) is 0 Å². The molecule has 3 heteroatoms. The minimum atomic E-state index is -1.08. The van der Waals surface area contributed by atoms with E-state index in [1.165, 1.54) is 0 Å². The van der Waals surface area contributed by atoms with E-state index >= 15 is 0 Å². The van der Waals surface area contributed by atoms with Crippen LogP contribution in [0.25, 0.3) is 11.3 Å². The van der Waals surface area contributed by atoms with E-state index in [2.05, 4.69) is 0 Å². The Balaban J connectivity index is 1.96. The summed E-state index contributed by atoms with van der Waals surface area (Å²) in [6.45, 7) is 0. The first kappa shape index (κ1) is 16.4. The van der Waals surface area contributed by atoms with Crippen LogP contribution in [0.1, 0.15) is 36.8 Å². The molecule has 1 aliphatic carbocycles. The number of hydrogen-bond donors (Lipinski definition) is 1. The molecule has 2 aromatic carbocycles. The van der Waals surface area contributed by atoms with Gasteiger partial charge in [0.15, 0.2) is 0 Å². The molecule has 1 atom stereocenters. The van der Waals surface area contributed by atoms with Gasteiger partial charge in [0.2, 0.25) is 0 Å². The molecule has 1 fully saturated rings. The summed E-state index contributed by atoms with van der Waals surface area (Å²) < 4.78 is 5.64. The van der Waals surface area contributed by atoms with Gasteiger partial charge in [0.05, 0.1) is 6.26 Å². The monoisotopic (exact) mass is 352 g/mol. The molecule has 1 aromatic heterocycles.